The molecule has 6 heteroatoms. The lowest BCUT2D eigenvalue weighted by Crippen LogP contribution is -2.05. The molecule has 0 saturated heterocycles. The molecule has 4 rings (SSSR count). The molecule has 2 aromatic heterocycles. The van der Waals surface area contributed by atoms with Gasteiger partial charge in [-0.1, -0.05) is 0 Å². The maximum atomic E-state index is 11.2. The van der Waals surface area contributed by atoms with Crippen LogP contribution in [0.15, 0.2) is 35.5 Å². The molecule has 3 N–H and O–H groups in total. The van der Waals surface area contributed by atoms with Crippen molar-refractivity contribution < 1.29 is 0 Å². The van der Waals surface area contributed by atoms with E-state index in [-0.39, 0.29) is 5.69 Å². The van der Waals surface area contributed by atoms with Crippen LogP contribution in [0.25, 0.3) is 11.0 Å². The average molecular weight is 269 g/mol. The zero-order valence-electron chi connectivity index (χ0n) is 10.9. The molecule has 1 saturated carbocycles. The van der Waals surface area contributed by atoms with Crippen molar-refractivity contribution in [3.05, 3.63) is 46.9 Å². The summed E-state index contributed by atoms with van der Waals surface area (Å²) in [5, 5.41) is 3.37. The summed E-state index contributed by atoms with van der Waals surface area (Å²) in [6.07, 6.45) is 6.31. The minimum absolute atomic E-state index is 0.177. The van der Waals surface area contributed by atoms with Crippen molar-refractivity contribution >= 4 is 16.7 Å². The molecule has 0 radical (unpaired) electrons. The summed E-state index contributed by atoms with van der Waals surface area (Å²) in [4.78, 5) is 20.9. The van der Waals surface area contributed by atoms with Gasteiger partial charge in [-0.3, -0.25) is 0 Å². The first-order valence-electron chi connectivity index (χ1n) is 6.76. The highest BCUT2D eigenvalue weighted by atomic mass is 16.1. The van der Waals surface area contributed by atoms with Crippen molar-refractivity contribution in [2.75, 3.05) is 5.32 Å². The second-order valence-corrected chi connectivity index (χ2v) is 5.22. The van der Waals surface area contributed by atoms with Crippen LogP contribution in [0.4, 0.5) is 5.69 Å². The Morgan fingerprint density at radius 3 is 3.00 bits per heavy atom. The second-order valence-electron chi connectivity index (χ2n) is 5.22. The normalized spacial score (nSPS) is 14.8. The smallest absolute Gasteiger partial charge is 0.323 e. The van der Waals surface area contributed by atoms with E-state index in [1.807, 2.05) is 30.7 Å². The molecule has 0 bridgehead atoms. The van der Waals surface area contributed by atoms with E-state index in [0.717, 1.165) is 23.3 Å². The Bertz CT molecular complexity index is 808. The molecule has 20 heavy (non-hydrogen) atoms. The minimum Gasteiger partial charge on any atom is -0.379 e. The number of hydrogen-bond donors (Lipinski definition) is 3. The van der Waals surface area contributed by atoms with E-state index in [9.17, 15) is 4.79 Å². The van der Waals surface area contributed by atoms with Crippen molar-refractivity contribution in [2.45, 2.75) is 25.4 Å². The van der Waals surface area contributed by atoms with Gasteiger partial charge in [0.1, 0.15) is 0 Å². The van der Waals surface area contributed by atoms with Gasteiger partial charge in [0.25, 0.3) is 0 Å². The molecule has 0 aliphatic heterocycles. The Labute approximate surface area is 114 Å². The van der Waals surface area contributed by atoms with Gasteiger partial charge in [-0.2, -0.15) is 0 Å². The van der Waals surface area contributed by atoms with Gasteiger partial charge in [-0.15, -0.1) is 0 Å². The summed E-state index contributed by atoms with van der Waals surface area (Å²) >= 11 is 0. The van der Waals surface area contributed by atoms with Gasteiger partial charge in [0.2, 0.25) is 0 Å². The van der Waals surface area contributed by atoms with Crippen molar-refractivity contribution in [3.63, 3.8) is 0 Å². The Morgan fingerprint density at radius 1 is 1.30 bits per heavy atom. The monoisotopic (exact) mass is 269 g/mol. The molecule has 3 aromatic rings. The van der Waals surface area contributed by atoms with Crippen LogP contribution in [-0.4, -0.2) is 19.5 Å². The highest BCUT2D eigenvalue weighted by molar-refractivity contribution is 5.78. The van der Waals surface area contributed by atoms with Crippen LogP contribution >= 0.6 is 0 Å². The number of imidazole rings is 2. The number of nitrogens with one attached hydrogen (secondary N) is 3. The lowest BCUT2D eigenvalue weighted by atomic mass is 10.2. The van der Waals surface area contributed by atoms with Gasteiger partial charge in [-0.25, -0.2) is 9.78 Å². The second kappa shape index (κ2) is 4.26. The van der Waals surface area contributed by atoms with Gasteiger partial charge >= 0.3 is 5.69 Å². The zero-order chi connectivity index (χ0) is 13.5. The average Bonchev–Trinajstić information content (AvgIpc) is 3.05. The molecular weight excluding hydrogens is 254 g/mol. The summed E-state index contributed by atoms with van der Waals surface area (Å²) in [6, 6.07) is 6.43. The molecule has 102 valence electrons. The van der Waals surface area contributed by atoms with Crippen molar-refractivity contribution in [3.8, 4) is 0 Å². The number of aromatic nitrogens is 4. The lowest BCUT2D eigenvalue weighted by molar-refractivity contribution is 0.701. The van der Waals surface area contributed by atoms with Crippen molar-refractivity contribution in [1.29, 1.82) is 0 Å². The summed E-state index contributed by atoms with van der Waals surface area (Å²) < 4.78 is 2.24. The molecular formula is C14H15N5O. The third-order valence-electron chi connectivity index (χ3n) is 3.68. The number of anilines is 1. The van der Waals surface area contributed by atoms with Crippen LogP contribution in [0.5, 0.6) is 0 Å². The number of rotatable bonds is 4. The SMILES string of the molecule is O=c1[nH]c2ccc(NCc3cncn3C3CC3)cc2[nH]1. The molecule has 2 heterocycles. The van der Waals surface area contributed by atoms with Gasteiger partial charge in [0.05, 0.1) is 29.6 Å². The highest BCUT2D eigenvalue weighted by Crippen LogP contribution is 2.35. The van der Waals surface area contributed by atoms with Crippen LogP contribution in [0.2, 0.25) is 0 Å². The number of fused-ring (bicyclic) bond motifs is 1. The van der Waals surface area contributed by atoms with Crippen LogP contribution in [-0.2, 0) is 6.54 Å². The van der Waals surface area contributed by atoms with Crippen LogP contribution < -0.4 is 11.0 Å². The third kappa shape index (κ3) is 1.99. The number of hydrogen-bond acceptors (Lipinski definition) is 3. The lowest BCUT2D eigenvalue weighted by Gasteiger charge is -2.09. The molecule has 0 atom stereocenters. The summed E-state index contributed by atoms with van der Waals surface area (Å²) in [6.45, 7) is 0.733. The fourth-order valence-electron chi connectivity index (χ4n) is 2.49. The Morgan fingerprint density at radius 2 is 2.15 bits per heavy atom. The molecule has 1 fully saturated rings. The number of H-pyrrole nitrogens is 2. The van der Waals surface area contributed by atoms with Crippen LogP contribution in [0.1, 0.15) is 24.6 Å². The summed E-state index contributed by atoms with van der Waals surface area (Å²) in [5.74, 6) is 0. The maximum Gasteiger partial charge on any atom is 0.323 e. The van der Waals surface area contributed by atoms with Gasteiger partial charge in [0.15, 0.2) is 0 Å². The summed E-state index contributed by atoms with van der Waals surface area (Å²) in [7, 11) is 0. The first kappa shape index (κ1) is 11.3. The van der Waals surface area contributed by atoms with Gasteiger partial charge in [-0.05, 0) is 31.0 Å². The molecule has 1 aliphatic carbocycles. The number of benzene rings is 1. The van der Waals surface area contributed by atoms with E-state index >= 15 is 0 Å². The van der Waals surface area contributed by atoms with E-state index in [4.69, 9.17) is 0 Å². The van der Waals surface area contributed by atoms with E-state index in [1.54, 1.807) is 0 Å². The fraction of sp³-hybridized carbons (Fsp3) is 0.286. The topological polar surface area (TPSA) is 78.5 Å². The molecule has 0 spiro atoms. The maximum absolute atomic E-state index is 11.2. The zero-order valence-corrected chi connectivity index (χ0v) is 10.9. The predicted octanol–water partition coefficient (Wildman–Crippen LogP) is 2.00. The van der Waals surface area contributed by atoms with Crippen LogP contribution in [0.3, 0.4) is 0 Å². The van der Waals surface area contributed by atoms with Crippen molar-refractivity contribution in [1.82, 2.24) is 19.5 Å². The fourth-order valence-corrected chi connectivity index (χ4v) is 2.49. The third-order valence-corrected chi connectivity index (χ3v) is 3.68. The highest BCUT2D eigenvalue weighted by Gasteiger charge is 2.24. The first-order valence-corrected chi connectivity index (χ1v) is 6.76. The van der Waals surface area contributed by atoms with E-state index in [1.165, 1.54) is 18.5 Å². The number of aromatic amines is 2. The molecule has 6 nitrogen and oxygen atoms in total. The largest absolute Gasteiger partial charge is 0.379 e. The van der Waals surface area contributed by atoms with Crippen LogP contribution in [0, 0.1) is 0 Å². The molecule has 1 aromatic carbocycles. The molecule has 1 aliphatic rings. The van der Waals surface area contributed by atoms with E-state index in [0.29, 0.717) is 6.04 Å². The Kier molecular flexibility index (Phi) is 2.42. The van der Waals surface area contributed by atoms with Gasteiger partial charge < -0.3 is 19.9 Å². The van der Waals surface area contributed by atoms with Crippen molar-refractivity contribution in [2.24, 2.45) is 0 Å². The quantitative estimate of drug-likeness (QED) is 0.678. The Hall–Kier alpha value is -2.50. The molecule has 0 amide bonds. The predicted molar refractivity (Wildman–Crippen MR) is 76.7 cm³/mol. The minimum atomic E-state index is -0.177. The molecule has 0 unspecified atom stereocenters. The Balaban J connectivity index is 1.54. The van der Waals surface area contributed by atoms with Gasteiger partial charge in [0, 0.05) is 17.9 Å². The van der Waals surface area contributed by atoms with E-state index < -0.39 is 0 Å². The van der Waals surface area contributed by atoms with E-state index in [2.05, 4.69) is 24.8 Å². The number of nitrogens with zero attached hydrogens (tertiary/aromatic N) is 2. The standard InChI is InChI=1S/C14H15N5O/c20-14-17-12-4-1-9(5-13(12)18-14)16-7-11-6-15-8-19(11)10-2-3-10/h1,4-6,8,10,16H,2-3,7H2,(H2,17,18,20). The first-order chi connectivity index (χ1) is 9.79. The summed E-state index contributed by atoms with van der Waals surface area (Å²) in [5.41, 5.74) is 3.63.